The molecule has 1 heterocycles. The first-order valence-corrected chi connectivity index (χ1v) is 12.5. The summed E-state index contributed by atoms with van der Waals surface area (Å²) in [4.78, 5) is 13.4. The third kappa shape index (κ3) is 6.21. The summed E-state index contributed by atoms with van der Waals surface area (Å²) in [6.45, 7) is 12.3. The summed E-state index contributed by atoms with van der Waals surface area (Å²) in [6.07, 6.45) is 2.82. The maximum atomic E-state index is 14.2. The van der Waals surface area contributed by atoms with Crippen molar-refractivity contribution in [3.63, 3.8) is 0 Å². The number of halogens is 1. The van der Waals surface area contributed by atoms with Crippen LogP contribution in [0.1, 0.15) is 75.6 Å². The number of nitrogens with one attached hydrogen (secondary N) is 1. The summed E-state index contributed by atoms with van der Waals surface area (Å²) in [5.74, 6) is -0.144. The third-order valence-corrected chi connectivity index (χ3v) is 6.24. The van der Waals surface area contributed by atoms with E-state index in [2.05, 4.69) is 50.2 Å². The number of aromatic nitrogens is 3. The molecule has 1 unspecified atom stereocenters. The van der Waals surface area contributed by atoms with Crippen LogP contribution in [0.4, 0.5) is 10.1 Å². The average molecular weight is 513 g/mol. The van der Waals surface area contributed by atoms with Crippen LogP contribution in [0.25, 0.3) is 5.69 Å². The molecule has 0 spiro atoms. The van der Waals surface area contributed by atoms with Crippen molar-refractivity contribution in [1.29, 1.82) is 0 Å². The highest BCUT2D eigenvalue weighted by molar-refractivity contribution is 6.04. The summed E-state index contributed by atoms with van der Waals surface area (Å²) >= 11 is 0. The van der Waals surface area contributed by atoms with Gasteiger partial charge in [-0.25, -0.2) is 9.07 Å². The van der Waals surface area contributed by atoms with Crippen molar-refractivity contribution in [2.75, 3.05) is 19.5 Å². The molecule has 0 aliphatic rings. The van der Waals surface area contributed by atoms with E-state index in [1.165, 1.54) is 31.0 Å². The van der Waals surface area contributed by atoms with Crippen LogP contribution >= 0.6 is 0 Å². The van der Waals surface area contributed by atoms with Gasteiger partial charge in [0.2, 0.25) is 0 Å². The largest absolute Gasteiger partial charge is 0.494 e. The lowest BCUT2D eigenvalue weighted by molar-refractivity contribution is 0.102. The Morgan fingerprint density at radius 1 is 1.08 bits per heavy atom. The third-order valence-electron chi connectivity index (χ3n) is 6.24. The molecule has 0 saturated carbocycles. The normalized spacial score (nSPS) is 12.2. The molecule has 0 fully saturated rings. The molecule has 0 bridgehead atoms. The Morgan fingerprint density at radius 3 is 2.38 bits per heavy atom. The zero-order chi connectivity index (χ0) is 27.3. The standard InChI is InChI=1S/C28H37FN4O4/c1-9-11-19(10-2)37-23-13-12-18(28(4,5)6)14-21(23)30-27(34)26-17(3)33(32-31-26)22-16-24(35-7)20(29)15-25(22)36-8/h12-16,19H,9-11H2,1-8H3,(H,30,34). The first-order chi connectivity index (χ1) is 17.5. The number of rotatable bonds is 10. The highest BCUT2D eigenvalue weighted by Gasteiger charge is 2.24. The van der Waals surface area contributed by atoms with Gasteiger partial charge in [0.1, 0.15) is 17.2 Å². The fourth-order valence-corrected chi connectivity index (χ4v) is 4.00. The Hall–Kier alpha value is -3.62. The molecule has 9 heteroatoms. The van der Waals surface area contributed by atoms with Crippen LogP contribution in [0, 0.1) is 12.7 Å². The number of methoxy groups -OCH3 is 2. The lowest BCUT2D eigenvalue weighted by Crippen LogP contribution is -2.20. The molecule has 0 radical (unpaired) electrons. The van der Waals surface area contributed by atoms with Crippen molar-refractivity contribution in [2.45, 2.75) is 72.3 Å². The number of nitrogens with zero attached hydrogens (tertiary/aromatic N) is 3. The van der Waals surface area contributed by atoms with E-state index in [0.29, 0.717) is 22.8 Å². The molecular formula is C28H37FN4O4. The summed E-state index contributed by atoms with van der Waals surface area (Å²) in [7, 11) is 2.80. The number of anilines is 1. The minimum Gasteiger partial charge on any atom is -0.494 e. The lowest BCUT2D eigenvalue weighted by atomic mass is 9.87. The van der Waals surface area contributed by atoms with E-state index in [-0.39, 0.29) is 28.7 Å². The molecule has 1 atom stereocenters. The van der Waals surface area contributed by atoms with Gasteiger partial charge in [0.15, 0.2) is 17.3 Å². The van der Waals surface area contributed by atoms with Crippen LogP contribution in [0.3, 0.4) is 0 Å². The Labute approximate surface area is 218 Å². The van der Waals surface area contributed by atoms with E-state index in [1.54, 1.807) is 6.92 Å². The van der Waals surface area contributed by atoms with Gasteiger partial charge in [0.25, 0.3) is 5.91 Å². The Balaban J connectivity index is 1.99. The lowest BCUT2D eigenvalue weighted by Gasteiger charge is -2.24. The Morgan fingerprint density at radius 2 is 1.78 bits per heavy atom. The van der Waals surface area contributed by atoms with Gasteiger partial charge in [0.05, 0.1) is 31.7 Å². The van der Waals surface area contributed by atoms with E-state index < -0.39 is 11.7 Å². The van der Waals surface area contributed by atoms with E-state index >= 15 is 0 Å². The van der Waals surface area contributed by atoms with Crippen molar-refractivity contribution in [3.8, 4) is 22.9 Å². The first-order valence-electron chi connectivity index (χ1n) is 12.5. The van der Waals surface area contributed by atoms with Crippen LogP contribution < -0.4 is 19.5 Å². The van der Waals surface area contributed by atoms with Gasteiger partial charge in [-0.1, -0.05) is 52.3 Å². The number of carbonyl (C=O) groups is 1. The fourth-order valence-electron chi connectivity index (χ4n) is 4.00. The molecular weight excluding hydrogens is 475 g/mol. The molecule has 2 aromatic carbocycles. The highest BCUT2D eigenvalue weighted by atomic mass is 19.1. The van der Waals surface area contributed by atoms with Crippen LogP contribution in [0.15, 0.2) is 30.3 Å². The number of hydrogen-bond acceptors (Lipinski definition) is 6. The maximum Gasteiger partial charge on any atom is 0.278 e. The molecule has 0 aliphatic heterocycles. The van der Waals surface area contributed by atoms with Crippen molar-refractivity contribution in [3.05, 3.63) is 53.1 Å². The van der Waals surface area contributed by atoms with Gasteiger partial charge in [-0.2, -0.15) is 0 Å². The molecule has 3 aromatic rings. The van der Waals surface area contributed by atoms with Gasteiger partial charge in [0, 0.05) is 12.1 Å². The van der Waals surface area contributed by atoms with E-state index in [4.69, 9.17) is 14.2 Å². The predicted molar refractivity (Wildman–Crippen MR) is 142 cm³/mol. The maximum absolute atomic E-state index is 14.2. The second-order valence-electron chi connectivity index (χ2n) is 9.95. The molecule has 1 N–H and O–H groups in total. The van der Waals surface area contributed by atoms with E-state index in [1.807, 2.05) is 18.2 Å². The molecule has 8 nitrogen and oxygen atoms in total. The van der Waals surface area contributed by atoms with Crippen LogP contribution in [0.2, 0.25) is 0 Å². The van der Waals surface area contributed by atoms with E-state index in [0.717, 1.165) is 24.8 Å². The van der Waals surface area contributed by atoms with Crippen molar-refractivity contribution < 1.29 is 23.4 Å². The summed E-state index contributed by atoms with van der Waals surface area (Å²) in [5.41, 5.74) is 2.48. The fraction of sp³-hybridized carbons (Fsp3) is 0.464. The minimum atomic E-state index is -0.571. The second kappa shape index (κ2) is 11.6. The number of ether oxygens (including phenoxy) is 3. The molecule has 0 saturated heterocycles. The van der Waals surface area contributed by atoms with Crippen LogP contribution in [-0.2, 0) is 5.41 Å². The number of benzene rings is 2. The number of hydrogen-bond donors (Lipinski definition) is 1. The Kier molecular flexibility index (Phi) is 8.78. The number of amides is 1. The smallest absolute Gasteiger partial charge is 0.278 e. The summed E-state index contributed by atoms with van der Waals surface area (Å²) < 4.78 is 32.3. The van der Waals surface area contributed by atoms with Crippen molar-refractivity contribution in [1.82, 2.24) is 15.0 Å². The molecule has 3 rings (SSSR count). The predicted octanol–water partition coefficient (Wildman–Crippen LogP) is 6.24. The summed E-state index contributed by atoms with van der Waals surface area (Å²) in [6, 6.07) is 8.54. The monoisotopic (exact) mass is 512 g/mol. The topological polar surface area (TPSA) is 87.5 Å². The van der Waals surface area contributed by atoms with Crippen molar-refractivity contribution >= 4 is 11.6 Å². The van der Waals surface area contributed by atoms with Gasteiger partial charge < -0.3 is 19.5 Å². The molecule has 37 heavy (non-hydrogen) atoms. The molecule has 1 aromatic heterocycles. The first kappa shape index (κ1) is 28.0. The van der Waals surface area contributed by atoms with Crippen molar-refractivity contribution in [2.24, 2.45) is 0 Å². The average Bonchev–Trinajstić information content (AvgIpc) is 3.24. The molecule has 0 aliphatic carbocycles. The SMILES string of the molecule is CCCC(CC)Oc1ccc(C(C)(C)C)cc1NC(=O)c1nnn(-c2cc(OC)c(F)cc2OC)c1C. The van der Waals surface area contributed by atoms with Gasteiger partial charge in [-0.3, -0.25) is 4.79 Å². The zero-order valence-electron chi connectivity index (χ0n) is 22.9. The van der Waals surface area contributed by atoms with E-state index in [9.17, 15) is 9.18 Å². The van der Waals surface area contributed by atoms with Gasteiger partial charge >= 0.3 is 0 Å². The summed E-state index contributed by atoms with van der Waals surface area (Å²) in [5, 5.41) is 11.2. The van der Waals surface area contributed by atoms with Crippen LogP contribution in [-0.4, -0.2) is 41.2 Å². The van der Waals surface area contributed by atoms with Crippen LogP contribution in [0.5, 0.6) is 17.2 Å². The quantitative estimate of drug-likeness (QED) is 0.346. The zero-order valence-corrected chi connectivity index (χ0v) is 22.9. The second-order valence-corrected chi connectivity index (χ2v) is 9.95. The van der Waals surface area contributed by atoms with Gasteiger partial charge in [-0.15, -0.1) is 5.10 Å². The highest BCUT2D eigenvalue weighted by Crippen LogP contribution is 2.34. The molecule has 1 amide bonds. The minimum absolute atomic E-state index is 0.0232. The molecule has 200 valence electrons. The number of carbonyl (C=O) groups excluding carboxylic acids is 1. The van der Waals surface area contributed by atoms with Gasteiger partial charge in [-0.05, 0) is 42.9 Å². The Bertz CT molecular complexity index is 1250.